The maximum atomic E-state index is 12.5. The highest BCUT2D eigenvalue weighted by atomic mass is 19.4. The molecule has 0 saturated heterocycles. The van der Waals surface area contributed by atoms with Crippen molar-refractivity contribution in [2.75, 3.05) is 6.61 Å². The number of halogens is 3. The summed E-state index contributed by atoms with van der Waals surface area (Å²) in [5, 5.41) is 0. The molecule has 5 nitrogen and oxygen atoms in total. The van der Waals surface area contributed by atoms with Crippen molar-refractivity contribution in [1.82, 2.24) is 4.57 Å². The van der Waals surface area contributed by atoms with Gasteiger partial charge in [0.1, 0.15) is 0 Å². The number of aryl methyl sites for hydroxylation is 1. The molecule has 3 rings (SSSR count). The molecule has 3 aromatic rings. The molecule has 2 aromatic carbocycles. The van der Waals surface area contributed by atoms with Crippen molar-refractivity contribution in [2.45, 2.75) is 19.1 Å². The lowest BCUT2D eigenvalue weighted by Crippen LogP contribution is -2.16. The Morgan fingerprint density at radius 2 is 1.77 bits per heavy atom. The summed E-state index contributed by atoms with van der Waals surface area (Å²) in [7, 11) is 0. The predicted molar refractivity (Wildman–Crippen MR) is 86.8 cm³/mol. The molecule has 0 bridgehead atoms. The number of fused-ring (bicyclic) bond motifs is 1. The molecule has 0 spiro atoms. The number of esters is 1. The van der Waals surface area contributed by atoms with Crippen molar-refractivity contribution >= 4 is 17.1 Å². The van der Waals surface area contributed by atoms with Crippen LogP contribution in [0.15, 0.2) is 57.7 Å². The zero-order chi connectivity index (χ0) is 18.7. The Kier molecular flexibility index (Phi) is 4.83. The largest absolute Gasteiger partial charge is 0.462 e. The van der Waals surface area contributed by atoms with E-state index in [0.29, 0.717) is 17.5 Å². The molecular formula is C18H14F3NO4. The van der Waals surface area contributed by atoms with Gasteiger partial charge in [0, 0.05) is 6.54 Å². The van der Waals surface area contributed by atoms with Crippen molar-refractivity contribution in [3.05, 3.63) is 70.2 Å². The van der Waals surface area contributed by atoms with E-state index in [2.05, 4.69) is 0 Å². The van der Waals surface area contributed by atoms with Crippen molar-refractivity contribution in [1.29, 1.82) is 0 Å². The number of para-hydroxylation sites is 2. The van der Waals surface area contributed by atoms with Crippen LogP contribution in [0, 0.1) is 0 Å². The predicted octanol–water partition coefficient (Wildman–Crippen LogP) is 3.86. The van der Waals surface area contributed by atoms with E-state index in [1.807, 2.05) is 0 Å². The number of hydrogen-bond donors (Lipinski definition) is 0. The molecule has 0 amide bonds. The van der Waals surface area contributed by atoms with E-state index < -0.39 is 23.5 Å². The molecule has 0 aliphatic carbocycles. The van der Waals surface area contributed by atoms with E-state index in [0.717, 1.165) is 24.3 Å². The Hall–Kier alpha value is -3.03. The Morgan fingerprint density at radius 3 is 2.46 bits per heavy atom. The Labute approximate surface area is 145 Å². The maximum absolute atomic E-state index is 12.5. The van der Waals surface area contributed by atoms with Gasteiger partial charge in [0.05, 0.1) is 23.3 Å². The summed E-state index contributed by atoms with van der Waals surface area (Å²) in [6, 6.07) is 10.7. The minimum absolute atomic E-state index is 0.0196. The molecule has 0 aliphatic rings. The van der Waals surface area contributed by atoms with Crippen LogP contribution in [0.2, 0.25) is 0 Å². The number of carbonyl (C=O) groups is 1. The van der Waals surface area contributed by atoms with Gasteiger partial charge in [-0.1, -0.05) is 12.1 Å². The standard InChI is InChI=1S/C18H14F3NO4/c19-18(20,21)13-8-6-12(7-9-13)16(23)25-11-3-10-22-14-4-1-2-5-15(14)26-17(22)24/h1-2,4-9H,3,10-11H2. The molecule has 0 saturated carbocycles. The molecule has 1 heterocycles. The second-order valence-corrected chi connectivity index (χ2v) is 5.55. The fraction of sp³-hybridized carbons (Fsp3) is 0.222. The van der Waals surface area contributed by atoms with Crippen LogP contribution in [0.3, 0.4) is 0 Å². The third-order valence-electron chi connectivity index (χ3n) is 3.78. The van der Waals surface area contributed by atoms with Gasteiger partial charge in [0.25, 0.3) is 0 Å². The van der Waals surface area contributed by atoms with Gasteiger partial charge in [0.15, 0.2) is 5.58 Å². The average Bonchev–Trinajstić information content (AvgIpc) is 2.93. The SMILES string of the molecule is O=C(OCCCn1c(=O)oc2ccccc21)c1ccc(C(F)(F)F)cc1. The van der Waals surface area contributed by atoms with E-state index >= 15 is 0 Å². The van der Waals surface area contributed by atoms with Gasteiger partial charge in [0.2, 0.25) is 0 Å². The van der Waals surface area contributed by atoms with Crippen LogP contribution in [0.4, 0.5) is 13.2 Å². The van der Waals surface area contributed by atoms with E-state index in [4.69, 9.17) is 9.15 Å². The molecular weight excluding hydrogens is 351 g/mol. The Morgan fingerprint density at radius 1 is 1.08 bits per heavy atom. The minimum Gasteiger partial charge on any atom is -0.462 e. The number of ether oxygens (including phenoxy) is 1. The van der Waals surface area contributed by atoms with Crippen molar-refractivity contribution in [3.63, 3.8) is 0 Å². The van der Waals surface area contributed by atoms with Crippen LogP contribution in [0.1, 0.15) is 22.3 Å². The third kappa shape index (κ3) is 3.79. The molecule has 0 aliphatic heterocycles. The van der Waals surface area contributed by atoms with E-state index in [-0.39, 0.29) is 18.7 Å². The molecule has 0 unspecified atom stereocenters. The Balaban J connectivity index is 1.55. The van der Waals surface area contributed by atoms with Crippen molar-refractivity contribution < 1.29 is 27.1 Å². The second kappa shape index (κ2) is 7.07. The number of alkyl halides is 3. The second-order valence-electron chi connectivity index (χ2n) is 5.55. The number of hydrogen-bond acceptors (Lipinski definition) is 4. The highest BCUT2D eigenvalue weighted by Gasteiger charge is 2.30. The van der Waals surface area contributed by atoms with E-state index in [1.165, 1.54) is 4.57 Å². The first-order valence-electron chi connectivity index (χ1n) is 7.79. The fourth-order valence-corrected chi connectivity index (χ4v) is 2.49. The van der Waals surface area contributed by atoms with Crippen LogP contribution < -0.4 is 5.76 Å². The molecule has 0 radical (unpaired) electrons. The number of aromatic nitrogens is 1. The normalized spacial score (nSPS) is 11.7. The molecule has 1 aromatic heterocycles. The van der Waals surface area contributed by atoms with Crippen molar-refractivity contribution in [3.8, 4) is 0 Å². The van der Waals surface area contributed by atoms with E-state index in [1.54, 1.807) is 24.3 Å². The monoisotopic (exact) mass is 365 g/mol. The molecule has 26 heavy (non-hydrogen) atoms. The summed E-state index contributed by atoms with van der Waals surface area (Å²) in [6.45, 7) is 0.307. The first kappa shape index (κ1) is 17.8. The number of carbonyl (C=O) groups excluding carboxylic acids is 1. The topological polar surface area (TPSA) is 61.4 Å². The van der Waals surface area contributed by atoms with Gasteiger partial charge < -0.3 is 9.15 Å². The summed E-state index contributed by atoms with van der Waals surface area (Å²) < 4.78 is 49.0. The van der Waals surface area contributed by atoms with Gasteiger partial charge in [-0.2, -0.15) is 13.2 Å². The highest BCUT2D eigenvalue weighted by molar-refractivity contribution is 5.89. The number of benzene rings is 2. The summed E-state index contributed by atoms with van der Waals surface area (Å²) >= 11 is 0. The van der Waals surface area contributed by atoms with Crippen LogP contribution in [0.25, 0.3) is 11.1 Å². The first-order chi connectivity index (χ1) is 12.4. The van der Waals surface area contributed by atoms with E-state index in [9.17, 15) is 22.8 Å². The van der Waals surface area contributed by atoms with Gasteiger partial charge in [-0.05, 0) is 42.8 Å². The van der Waals surface area contributed by atoms with Gasteiger partial charge in [-0.15, -0.1) is 0 Å². The minimum atomic E-state index is -4.46. The lowest BCUT2D eigenvalue weighted by atomic mass is 10.1. The van der Waals surface area contributed by atoms with Gasteiger partial charge >= 0.3 is 17.9 Å². The van der Waals surface area contributed by atoms with Crippen LogP contribution in [0.5, 0.6) is 0 Å². The summed E-state index contributed by atoms with van der Waals surface area (Å²) in [6.07, 6.45) is -4.10. The quantitative estimate of drug-likeness (QED) is 0.509. The molecule has 0 fully saturated rings. The summed E-state index contributed by atoms with van der Waals surface area (Å²) in [5.41, 5.74) is 0.315. The number of oxazole rings is 1. The third-order valence-corrected chi connectivity index (χ3v) is 3.78. The fourth-order valence-electron chi connectivity index (χ4n) is 2.49. The summed E-state index contributed by atoms with van der Waals surface area (Å²) in [5.74, 6) is -1.22. The zero-order valence-corrected chi connectivity index (χ0v) is 13.5. The highest BCUT2D eigenvalue weighted by Crippen LogP contribution is 2.29. The van der Waals surface area contributed by atoms with Crippen LogP contribution >= 0.6 is 0 Å². The van der Waals surface area contributed by atoms with Crippen molar-refractivity contribution in [2.24, 2.45) is 0 Å². The molecule has 0 atom stereocenters. The average molecular weight is 365 g/mol. The maximum Gasteiger partial charge on any atom is 0.419 e. The van der Waals surface area contributed by atoms with Crippen LogP contribution in [-0.2, 0) is 17.5 Å². The molecule has 0 N–H and O–H groups in total. The zero-order valence-electron chi connectivity index (χ0n) is 13.5. The molecule has 136 valence electrons. The summed E-state index contributed by atoms with van der Waals surface area (Å²) in [4.78, 5) is 23.7. The number of rotatable bonds is 5. The van der Waals surface area contributed by atoms with Gasteiger partial charge in [-0.25, -0.2) is 9.59 Å². The van der Waals surface area contributed by atoms with Gasteiger partial charge in [-0.3, -0.25) is 4.57 Å². The Bertz CT molecular complexity index is 971. The smallest absolute Gasteiger partial charge is 0.419 e. The lowest BCUT2D eigenvalue weighted by Gasteiger charge is -2.08. The molecule has 8 heteroatoms. The lowest BCUT2D eigenvalue weighted by molar-refractivity contribution is -0.137. The first-order valence-corrected chi connectivity index (χ1v) is 7.79. The number of nitrogens with zero attached hydrogens (tertiary/aromatic N) is 1. The van der Waals surface area contributed by atoms with Crippen LogP contribution in [-0.4, -0.2) is 17.1 Å².